The smallest absolute Gasteiger partial charge is 0.0762 e. The topological polar surface area (TPSA) is 29.9 Å². The van der Waals surface area contributed by atoms with E-state index < -0.39 is 0 Å². The Morgan fingerprint density at radius 1 is 1.26 bits per heavy atom. The van der Waals surface area contributed by atoms with E-state index in [2.05, 4.69) is 43.0 Å². The molecule has 0 aliphatic heterocycles. The molecule has 1 heterocycles. The van der Waals surface area contributed by atoms with E-state index in [1.54, 1.807) is 0 Å². The summed E-state index contributed by atoms with van der Waals surface area (Å²) in [5.41, 5.74) is 1.59. The molecule has 3 nitrogen and oxygen atoms in total. The van der Waals surface area contributed by atoms with Crippen LogP contribution in [0.1, 0.15) is 71.0 Å². The molecule has 0 unspecified atom stereocenters. The van der Waals surface area contributed by atoms with Gasteiger partial charge in [0, 0.05) is 12.7 Å². The number of hydrogen-bond donors (Lipinski definition) is 1. The minimum absolute atomic E-state index is 0.411. The average Bonchev–Trinajstić information content (AvgIpc) is 2.83. The minimum Gasteiger partial charge on any atom is -0.311 e. The van der Waals surface area contributed by atoms with Gasteiger partial charge in [-0.15, -0.1) is 0 Å². The summed E-state index contributed by atoms with van der Waals surface area (Å²) in [4.78, 5) is 0. The number of rotatable bonds is 5. The van der Waals surface area contributed by atoms with Crippen molar-refractivity contribution in [1.82, 2.24) is 15.1 Å². The van der Waals surface area contributed by atoms with Gasteiger partial charge in [-0.05, 0) is 37.3 Å². The summed E-state index contributed by atoms with van der Waals surface area (Å²) in [7, 11) is 0. The van der Waals surface area contributed by atoms with Crippen molar-refractivity contribution in [2.24, 2.45) is 5.41 Å². The molecule has 0 atom stereocenters. The van der Waals surface area contributed by atoms with Gasteiger partial charge in [0.2, 0.25) is 0 Å². The van der Waals surface area contributed by atoms with Gasteiger partial charge in [0.15, 0.2) is 0 Å². The molecule has 1 N–H and O–H groups in total. The van der Waals surface area contributed by atoms with Crippen LogP contribution in [0.5, 0.6) is 0 Å². The van der Waals surface area contributed by atoms with Crippen LogP contribution in [0.4, 0.5) is 0 Å². The minimum atomic E-state index is 0.411. The van der Waals surface area contributed by atoms with Crippen LogP contribution in [0.15, 0.2) is 12.3 Å². The fourth-order valence-electron chi connectivity index (χ4n) is 2.70. The molecule has 1 aromatic rings. The zero-order valence-corrected chi connectivity index (χ0v) is 12.8. The molecule has 0 bridgehead atoms. The number of hydrogen-bond acceptors (Lipinski definition) is 2. The predicted molar refractivity (Wildman–Crippen MR) is 80.1 cm³/mol. The summed E-state index contributed by atoms with van der Waals surface area (Å²) < 4.78 is 2.19. The van der Waals surface area contributed by atoms with E-state index in [9.17, 15) is 0 Å². The molecule has 2 rings (SSSR count). The lowest BCUT2D eigenvalue weighted by molar-refractivity contribution is 0.327. The Morgan fingerprint density at radius 2 is 2.00 bits per heavy atom. The fraction of sp³-hybridized carbons (Fsp3) is 0.812. The van der Waals surface area contributed by atoms with Crippen LogP contribution in [0.2, 0.25) is 0 Å². The van der Waals surface area contributed by atoms with E-state index in [0.717, 1.165) is 13.1 Å². The van der Waals surface area contributed by atoms with Crippen LogP contribution in [0.25, 0.3) is 0 Å². The van der Waals surface area contributed by atoms with E-state index in [4.69, 9.17) is 5.10 Å². The van der Waals surface area contributed by atoms with Crippen molar-refractivity contribution in [3.8, 4) is 0 Å². The third-order valence-corrected chi connectivity index (χ3v) is 3.97. The maximum atomic E-state index is 4.72. The molecule has 3 heteroatoms. The highest BCUT2D eigenvalue weighted by Gasteiger charge is 2.16. The average molecular weight is 263 g/mol. The van der Waals surface area contributed by atoms with Gasteiger partial charge in [0.05, 0.1) is 11.7 Å². The molecule has 0 amide bonds. The first-order chi connectivity index (χ1) is 9.04. The highest BCUT2D eigenvalue weighted by Crippen LogP contribution is 2.27. The summed E-state index contributed by atoms with van der Waals surface area (Å²) in [6.07, 6.45) is 10.1. The van der Waals surface area contributed by atoms with Crippen molar-refractivity contribution in [3.05, 3.63) is 18.0 Å². The number of nitrogens with one attached hydrogen (secondary N) is 1. The lowest BCUT2D eigenvalue weighted by Crippen LogP contribution is -2.20. The molecule has 0 aromatic carbocycles. The molecule has 1 saturated carbocycles. The molecule has 0 saturated heterocycles. The Morgan fingerprint density at radius 3 is 2.68 bits per heavy atom. The van der Waals surface area contributed by atoms with Crippen LogP contribution in [-0.2, 0) is 6.54 Å². The molecule has 1 aliphatic rings. The molecule has 1 aromatic heterocycles. The van der Waals surface area contributed by atoms with Crippen molar-refractivity contribution in [1.29, 1.82) is 0 Å². The molecule has 1 aliphatic carbocycles. The van der Waals surface area contributed by atoms with Gasteiger partial charge in [-0.25, -0.2) is 0 Å². The first kappa shape index (κ1) is 14.6. The molecule has 108 valence electrons. The largest absolute Gasteiger partial charge is 0.311 e. The second kappa shape index (κ2) is 6.56. The lowest BCUT2D eigenvalue weighted by atomic mass is 9.92. The van der Waals surface area contributed by atoms with Gasteiger partial charge >= 0.3 is 0 Å². The SMILES string of the molecule is CC(C)(C)CCNCc1ccn(C2CCCCC2)n1. The Bertz CT molecular complexity index is 370. The van der Waals surface area contributed by atoms with Crippen molar-refractivity contribution >= 4 is 0 Å². The first-order valence-corrected chi connectivity index (χ1v) is 7.79. The van der Waals surface area contributed by atoms with Gasteiger partial charge in [-0.3, -0.25) is 4.68 Å². The zero-order chi connectivity index (χ0) is 13.7. The first-order valence-electron chi connectivity index (χ1n) is 7.79. The van der Waals surface area contributed by atoms with E-state index in [1.807, 2.05) is 0 Å². The van der Waals surface area contributed by atoms with E-state index in [0.29, 0.717) is 11.5 Å². The van der Waals surface area contributed by atoms with Crippen LogP contribution in [0.3, 0.4) is 0 Å². The molecule has 0 radical (unpaired) electrons. The molecule has 19 heavy (non-hydrogen) atoms. The van der Waals surface area contributed by atoms with Crippen LogP contribution in [0, 0.1) is 5.41 Å². The third kappa shape index (κ3) is 4.98. The Balaban J connectivity index is 1.74. The standard InChI is InChI=1S/C16H29N3/c1-16(2,3)10-11-17-13-14-9-12-19(18-14)15-7-5-4-6-8-15/h9,12,15,17H,4-8,10-11,13H2,1-3H3. The second-order valence-electron chi connectivity index (χ2n) is 7.07. The van der Waals surface area contributed by atoms with Gasteiger partial charge in [0.25, 0.3) is 0 Å². The summed E-state index contributed by atoms with van der Waals surface area (Å²) in [5.74, 6) is 0. The maximum Gasteiger partial charge on any atom is 0.0762 e. The van der Waals surface area contributed by atoms with Crippen molar-refractivity contribution in [3.63, 3.8) is 0 Å². The maximum absolute atomic E-state index is 4.72. The Labute approximate surface area is 117 Å². The second-order valence-corrected chi connectivity index (χ2v) is 7.07. The Kier molecular flexibility index (Phi) is 5.03. The summed E-state index contributed by atoms with van der Waals surface area (Å²) in [6.45, 7) is 8.82. The van der Waals surface area contributed by atoms with Gasteiger partial charge in [0.1, 0.15) is 0 Å². The van der Waals surface area contributed by atoms with Crippen LogP contribution in [-0.4, -0.2) is 16.3 Å². The highest BCUT2D eigenvalue weighted by atomic mass is 15.3. The highest BCUT2D eigenvalue weighted by molar-refractivity contribution is 4.99. The number of aromatic nitrogens is 2. The molecular weight excluding hydrogens is 234 g/mol. The number of nitrogens with zero attached hydrogens (tertiary/aromatic N) is 2. The summed E-state index contributed by atoms with van der Waals surface area (Å²) >= 11 is 0. The van der Waals surface area contributed by atoms with E-state index in [1.165, 1.54) is 44.2 Å². The summed E-state index contributed by atoms with van der Waals surface area (Å²) in [5, 5.41) is 8.22. The third-order valence-electron chi connectivity index (χ3n) is 3.97. The van der Waals surface area contributed by atoms with Crippen LogP contribution >= 0.6 is 0 Å². The Hall–Kier alpha value is -0.830. The molecule has 0 spiro atoms. The van der Waals surface area contributed by atoms with Gasteiger partial charge in [-0.1, -0.05) is 40.0 Å². The monoisotopic (exact) mass is 263 g/mol. The molecule has 1 fully saturated rings. The quantitative estimate of drug-likeness (QED) is 0.816. The van der Waals surface area contributed by atoms with Crippen LogP contribution < -0.4 is 5.32 Å². The zero-order valence-electron chi connectivity index (χ0n) is 12.8. The van der Waals surface area contributed by atoms with E-state index in [-0.39, 0.29) is 0 Å². The van der Waals surface area contributed by atoms with E-state index >= 15 is 0 Å². The van der Waals surface area contributed by atoms with Crippen molar-refractivity contribution < 1.29 is 0 Å². The fourth-order valence-corrected chi connectivity index (χ4v) is 2.70. The normalized spacial score (nSPS) is 17.8. The van der Waals surface area contributed by atoms with Gasteiger partial charge < -0.3 is 5.32 Å². The molecular formula is C16H29N3. The van der Waals surface area contributed by atoms with Crippen molar-refractivity contribution in [2.75, 3.05) is 6.54 Å². The lowest BCUT2D eigenvalue weighted by Gasteiger charge is -2.21. The predicted octanol–water partition coefficient (Wildman–Crippen LogP) is 3.91. The van der Waals surface area contributed by atoms with Gasteiger partial charge in [-0.2, -0.15) is 5.10 Å². The summed E-state index contributed by atoms with van der Waals surface area (Å²) in [6, 6.07) is 2.82. The van der Waals surface area contributed by atoms with Crippen molar-refractivity contribution in [2.45, 2.75) is 71.9 Å².